The van der Waals surface area contributed by atoms with Crippen LogP contribution in [0.1, 0.15) is 27.2 Å². The topological polar surface area (TPSA) is 88.2 Å². The number of nitrogens with zero attached hydrogens (tertiary/aromatic N) is 1. The standard InChI is InChI=1S/C15H21N3O3S3/c1-4-10(3)16-14(19)9-22-15-17-12-7-6-11(8-13(12)23-15)18-24(20,21)5-2/h6-8,10,18H,4-5,9H2,1-3H3,(H,16,19)/t10-/m1/s1. The molecule has 0 spiro atoms. The third-order valence-corrected chi connectivity index (χ3v) is 6.84. The van der Waals surface area contributed by atoms with Crippen LogP contribution in [-0.4, -0.2) is 36.9 Å². The quantitative estimate of drug-likeness (QED) is 0.680. The Morgan fingerprint density at radius 3 is 2.79 bits per heavy atom. The maximum atomic E-state index is 11.8. The van der Waals surface area contributed by atoms with Crippen molar-refractivity contribution < 1.29 is 13.2 Å². The van der Waals surface area contributed by atoms with Crippen LogP contribution < -0.4 is 10.0 Å². The molecular formula is C15H21N3O3S3. The van der Waals surface area contributed by atoms with Gasteiger partial charge in [0, 0.05) is 6.04 Å². The van der Waals surface area contributed by atoms with E-state index in [4.69, 9.17) is 0 Å². The summed E-state index contributed by atoms with van der Waals surface area (Å²) in [6.45, 7) is 5.59. The first-order valence-corrected chi connectivity index (χ1v) is 11.1. The molecule has 9 heteroatoms. The maximum absolute atomic E-state index is 11.8. The number of anilines is 1. The first-order valence-electron chi connectivity index (χ1n) is 7.66. The Morgan fingerprint density at radius 2 is 2.12 bits per heavy atom. The number of sulfonamides is 1. The van der Waals surface area contributed by atoms with Crippen molar-refractivity contribution in [3.05, 3.63) is 18.2 Å². The van der Waals surface area contributed by atoms with Crippen LogP contribution >= 0.6 is 23.1 Å². The molecular weight excluding hydrogens is 366 g/mol. The number of nitrogens with one attached hydrogen (secondary N) is 2. The van der Waals surface area contributed by atoms with Crippen LogP contribution in [-0.2, 0) is 14.8 Å². The summed E-state index contributed by atoms with van der Waals surface area (Å²) in [5, 5.41) is 2.92. The number of hydrogen-bond acceptors (Lipinski definition) is 6. The van der Waals surface area contributed by atoms with Gasteiger partial charge in [-0.1, -0.05) is 18.7 Å². The van der Waals surface area contributed by atoms with Crippen LogP contribution in [0.4, 0.5) is 5.69 Å². The van der Waals surface area contributed by atoms with Crippen molar-refractivity contribution in [3.8, 4) is 0 Å². The zero-order valence-electron chi connectivity index (χ0n) is 13.8. The van der Waals surface area contributed by atoms with Gasteiger partial charge >= 0.3 is 0 Å². The van der Waals surface area contributed by atoms with Gasteiger partial charge in [0.05, 0.1) is 27.4 Å². The third kappa shape index (κ3) is 5.35. The minimum atomic E-state index is -3.29. The molecule has 0 saturated carbocycles. The smallest absolute Gasteiger partial charge is 0.232 e. The number of hydrogen-bond donors (Lipinski definition) is 2. The van der Waals surface area contributed by atoms with E-state index >= 15 is 0 Å². The van der Waals surface area contributed by atoms with Crippen LogP contribution in [0.2, 0.25) is 0 Å². The summed E-state index contributed by atoms with van der Waals surface area (Å²) >= 11 is 2.84. The lowest BCUT2D eigenvalue weighted by Crippen LogP contribution is -2.33. The molecule has 132 valence electrons. The van der Waals surface area contributed by atoms with Crippen molar-refractivity contribution in [2.45, 2.75) is 37.6 Å². The number of carbonyl (C=O) groups excluding carboxylic acids is 1. The van der Waals surface area contributed by atoms with E-state index in [1.807, 2.05) is 13.8 Å². The Balaban J connectivity index is 2.04. The second kappa shape index (κ2) is 8.17. The van der Waals surface area contributed by atoms with Crippen LogP contribution in [0, 0.1) is 0 Å². The lowest BCUT2D eigenvalue weighted by atomic mass is 10.3. The highest BCUT2D eigenvalue weighted by molar-refractivity contribution is 8.01. The molecule has 2 rings (SSSR count). The number of aromatic nitrogens is 1. The van der Waals surface area contributed by atoms with Gasteiger partial charge in [0.15, 0.2) is 4.34 Å². The predicted molar refractivity (Wildman–Crippen MR) is 101 cm³/mol. The minimum absolute atomic E-state index is 0.00926. The molecule has 2 N–H and O–H groups in total. The fraction of sp³-hybridized carbons (Fsp3) is 0.467. The normalized spacial score (nSPS) is 13.0. The number of thioether (sulfide) groups is 1. The first kappa shape index (κ1) is 19.0. The molecule has 0 saturated heterocycles. The van der Waals surface area contributed by atoms with Crippen LogP contribution in [0.15, 0.2) is 22.5 Å². The van der Waals surface area contributed by atoms with Crippen molar-refractivity contribution in [3.63, 3.8) is 0 Å². The minimum Gasteiger partial charge on any atom is -0.353 e. The van der Waals surface area contributed by atoms with E-state index in [-0.39, 0.29) is 17.7 Å². The van der Waals surface area contributed by atoms with Crippen molar-refractivity contribution >= 4 is 54.9 Å². The van der Waals surface area contributed by atoms with Crippen molar-refractivity contribution in [2.24, 2.45) is 0 Å². The van der Waals surface area contributed by atoms with Gasteiger partial charge in [-0.2, -0.15) is 0 Å². The summed E-state index contributed by atoms with van der Waals surface area (Å²) in [5.41, 5.74) is 1.32. The number of thiazole rings is 1. The van der Waals surface area contributed by atoms with Crippen molar-refractivity contribution in [1.29, 1.82) is 0 Å². The Bertz CT molecular complexity index is 818. The summed E-state index contributed by atoms with van der Waals surface area (Å²) < 4.78 is 27.5. The van der Waals surface area contributed by atoms with E-state index in [1.54, 1.807) is 25.1 Å². The fourth-order valence-electron chi connectivity index (χ4n) is 1.83. The average molecular weight is 388 g/mol. The van der Waals surface area contributed by atoms with E-state index < -0.39 is 10.0 Å². The summed E-state index contributed by atoms with van der Waals surface area (Å²) in [5.74, 6) is 0.338. The molecule has 0 aliphatic carbocycles. The van der Waals surface area contributed by atoms with Crippen molar-refractivity contribution in [1.82, 2.24) is 10.3 Å². The molecule has 0 radical (unpaired) electrons. The molecule has 1 amide bonds. The van der Waals surface area contributed by atoms with Gasteiger partial charge in [0.25, 0.3) is 0 Å². The molecule has 24 heavy (non-hydrogen) atoms. The summed E-state index contributed by atoms with van der Waals surface area (Å²) in [6.07, 6.45) is 0.897. The maximum Gasteiger partial charge on any atom is 0.232 e. The lowest BCUT2D eigenvalue weighted by Gasteiger charge is -2.10. The van der Waals surface area contributed by atoms with Gasteiger partial charge in [0.1, 0.15) is 0 Å². The van der Waals surface area contributed by atoms with Crippen molar-refractivity contribution in [2.75, 3.05) is 16.2 Å². The number of amides is 1. The SMILES string of the molecule is CC[C@@H](C)NC(=O)CSc1nc2ccc(NS(=O)(=O)CC)cc2s1. The molecule has 1 heterocycles. The molecule has 2 aromatic rings. The third-order valence-electron chi connectivity index (χ3n) is 3.37. The lowest BCUT2D eigenvalue weighted by molar-refractivity contribution is -0.119. The first-order chi connectivity index (χ1) is 11.3. The Labute approximate surface area is 150 Å². The van der Waals surface area contributed by atoms with E-state index in [2.05, 4.69) is 15.0 Å². The zero-order chi connectivity index (χ0) is 17.7. The summed E-state index contributed by atoms with van der Waals surface area (Å²) in [6, 6.07) is 5.41. The van der Waals surface area contributed by atoms with E-state index in [9.17, 15) is 13.2 Å². The fourth-order valence-corrected chi connectivity index (χ4v) is 4.38. The highest BCUT2D eigenvalue weighted by Crippen LogP contribution is 2.31. The Hall–Kier alpha value is -1.32. The molecule has 1 aromatic heterocycles. The summed E-state index contributed by atoms with van der Waals surface area (Å²) in [4.78, 5) is 16.3. The molecule has 1 atom stereocenters. The largest absolute Gasteiger partial charge is 0.353 e. The van der Waals surface area contributed by atoms with E-state index in [0.29, 0.717) is 11.4 Å². The number of benzene rings is 1. The molecule has 6 nitrogen and oxygen atoms in total. The predicted octanol–water partition coefficient (Wildman–Crippen LogP) is 3.06. The Morgan fingerprint density at radius 1 is 1.38 bits per heavy atom. The van der Waals surface area contributed by atoms with Crippen LogP contribution in [0.5, 0.6) is 0 Å². The summed E-state index contributed by atoms with van der Waals surface area (Å²) in [7, 11) is -3.29. The van der Waals surface area contributed by atoms with E-state index in [0.717, 1.165) is 21.0 Å². The van der Waals surface area contributed by atoms with Crippen LogP contribution in [0.3, 0.4) is 0 Å². The number of fused-ring (bicyclic) bond motifs is 1. The number of carbonyl (C=O) groups is 1. The zero-order valence-corrected chi connectivity index (χ0v) is 16.3. The van der Waals surface area contributed by atoms with Gasteiger partial charge in [-0.3, -0.25) is 9.52 Å². The second-order valence-corrected chi connectivity index (χ2v) is 9.60. The average Bonchev–Trinajstić information content (AvgIpc) is 2.94. The number of rotatable bonds is 8. The molecule has 0 aliphatic rings. The van der Waals surface area contributed by atoms with Gasteiger partial charge in [-0.25, -0.2) is 13.4 Å². The second-order valence-electron chi connectivity index (χ2n) is 5.33. The molecule has 1 aromatic carbocycles. The molecule has 0 bridgehead atoms. The van der Waals surface area contributed by atoms with Crippen LogP contribution in [0.25, 0.3) is 10.2 Å². The monoisotopic (exact) mass is 387 g/mol. The van der Waals surface area contributed by atoms with Gasteiger partial charge in [-0.15, -0.1) is 11.3 Å². The highest BCUT2D eigenvalue weighted by Gasteiger charge is 2.11. The van der Waals surface area contributed by atoms with E-state index in [1.165, 1.54) is 23.1 Å². The van der Waals surface area contributed by atoms with Gasteiger partial charge in [-0.05, 0) is 38.5 Å². The molecule has 0 aliphatic heterocycles. The van der Waals surface area contributed by atoms with Gasteiger partial charge < -0.3 is 5.32 Å². The molecule has 0 unspecified atom stereocenters. The Kier molecular flexibility index (Phi) is 6.47. The highest BCUT2D eigenvalue weighted by atomic mass is 32.2. The molecule has 0 fully saturated rings. The van der Waals surface area contributed by atoms with Gasteiger partial charge in [0.2, 0.25) is 15.9 Å².